The van der Waals surface area contributed by atoms with E-state index in [9.17, 15) is 4.79 Å². The molecule has 2 aromatic rings. The molecule has 0 saturated heterocycles. The van der Waals surface area contributed by atoms with Gasteiger partial charge >= 0.3 is 0 Å². The van der Waals surface area contributed by atoms with Crippen molar-refractivity contribution in [3.63, 3.8) is 0 Å². The molecule has 1 N–H and O–H groups in total. The van der Waals surface area contributed by atoms with E-state index < -0.39 is 0 Å². The molecule has 14 heavy (non-hydrogen) atoms. The molecule has 0 atom stereocenters. The molecule has 2 heterocycles. The molecule has 2 rings (SSSR count). The summed E-state index contributed by atoms with van der Waals surface area (Å²) in [5, 5.41) is 4.18. The highest BCUT2D eigenvalue weighted by molar-refractivity contribution is 9.10. The van der Waals surface area contributed by atoms with Crippen LogP contribution in [0.4, 0.5) is 0 Å². The molecule has 0 aromatic carbocycles. The summed E-state index contributed by atoms with van der Waals surface area (Å²) < 4.78 is 2.57. The van der Waals surface area contributed by atoms with Crippen molar-refractivity contribution < 1.29 is 0 Å². The highest BCUT2D eigenvalue weighted by Gasteiger charge is 2.06. The second kappa shape index (κ2) is 3.57. The lowest BCUT2D eigenvalue weighted by atomic mass is 10.2. The molecule has 74 valence electrons. The predicted octanol–water partition coefficient (Wildman–Crippen LogP) is 1.74. The minimum Gasteiger partial charge on any atom is -0.306 e. The van der Waals surface area contributed by atoms with E-state index in [1.165, 1.54) is 0 Å². The fraction of sp³-hybridized carbons (Fsp3) is 0.333. The number of hydrogen-bond acceptors (Lipinski definition) is 2. The van der Waals surface area contributed by atoms with Gasteiger partial charge in [0.05, 0.1) is 10.7 Å². The Morgan fingerprint density at radius 3 is 3.14 bits per heavy atom. The van der Waals surface area contributed by atoms with Crippen LogP contribution in [-0.2, 0) is 6.42 Å². The zero-order chi connectivity index (χ0) is 10.1. The van der Waals surface area contributed by atoms with Gasteiger partial charge in [0, 0.05) is 11.8 Å². The molecule has 0 aliphatic rings. The van der Waals surface area contributed by atoms with Crippen LogP contribution in [0.2, 0.25) is 0 Å². The molecule has 0 amide bonds. The van der Waals surface area contributed by atoms with Gasteiger partial charge in [-0.3, -0.25) is 4.79 Å². The lowest BCUT2D eigenvalue weighted by molar-refractivity contribution is 0.792. The third-order valence-electron chi connectivity index (χ3n) is 2.04. The van der Waals surface area contributed by atoms with E-state index in [0.29, 0.717) is 0 Å². The van der Waals surface area contributed by atoms with Crippen LogP contribution in [0.1, 0.15) is 19.0 Å². The minimum absolute atomic E-state index is 0.0813. The average Bonchev–Trinajstić information content (AvgIpc) is 2.49. The van der Waals surface area contributed by atoms with E-state index in [1.54, 1.807) is 16.8 Å². The fourth-order valence-electron chi connectivity index (χ4n) is 1.46. The Morgan fingerprint density at radius 1 is 1.64 bits per heavy atom. The summed E-state index contributed by atoms with van der Waals surface area (Å²) in [5.74, 6) is 0. The number of nitrogens with one attached hydrogen (secondary N) is 1. The molecule has 0 aliphatic heterocycles. The van der Waals surface area contributed by atoms with Gasteiger partial charge < -0.3 is 4.98 Å². The maximum atomic E-state index is 11.3. The second-order valence-corrected chi connectivity index (χ2v) is 3.98. The monoisotopic (exact) mass is 255 g/mol. The Kier molecular flexibility index (Phi) is 2.41. The average molecular weight is 256 g/mol. The first-order valence-corrected chi connectivity index (χ1v) is 5.27. The van der Waals surface area contributed by atoms with Crippen molar-refractivity contribution in [3.8, 4) is 0 Å². The summed E-state index contributed by atoms with van der Waals surface area (Å²) in [4.78, 5) is 14.0. The van der Waals surface area contributed by atoms with Crippen molar-refractivity contribution in [1.82, 2.24) is 14.6 Å². The van der Waals surface area contributed by atoms with E-state index in [-0.39, 0.29) is 5.56 Å². The number of aromatic nitrogens is 3. The minimum atomic E-state index is -0.0813. The zero-order valence-electron chi connectivity index (χ0n) is 7.75. The molecule has 0 spiro atoms. The van der Waals surface area contributed by atoms with Gasteiger partial charge in [-0.25, -0.2) is 4.52 Å². The van der Waals surface area contributed by atoms with E-state index in [0.717, 1.165) is 28.7 Å². The van der Waals surface area contributed by atoms with Gasteiger partial charge in [0.15, 0.2) is 5.65 Å². The summed E-state index contributed by atoms with van der Waals surface area (Å²) in [6.45, 7) is 2.07. The molecule has 0 bridgehead atoms. The normalized spacial score (nSPS) is 11.0. The number of nitrogens with zero attached hydrogens (tertiary/aromatic N) is 2. The largest absolute Gasteiger partial charge is 0.306 e. The van der Waals surface area contributed by atoms with E-state index in [1.807, 2.05) is 0 Å². The summed E-state index contributed by atoms with van der Waals surface area (Å²) in [6, 6.07) is 1.59. The topological polar surface area (TPSA) is 50.2 Å². The number of halogens is 1. The van der Waals surface area contributed by atoms with Crippen LogP contribution >= 0.6 is 15.9 Å². The maximum absolute atomic E-state index is 11.3. The van der Waals surface area contributed by atoms with Crippen LogP contribution in [0.5, 0.6) is 0 Å². The Balaban J connectivity index is 2.75. The number of aryl methyl sites for hydroxylation is 1. The van der Waals surface area contributed by atoms with E-state index in [4.69, 9.17) is 0 Å². The molecule has 4 nitrogen and oxygen atoms in total. The summed E-state index contributed by atoms with van der Waals surface area (Å²) in [5.41, 5.74) is 1.58. The standard InChI is InChI=1S/C9H10BrN3O/c1-2-3-6-4-8(14)12-9-7(10)5-11-13(6)9/h4-5H,2-3H2,1H3,(H,12,14). The molecule has 0 fully saturated rings. The van der Waals surface area contributed by atoms with Gasteiger partial charge in [0.1, 0.15) is 0 Å². The number of hydrogen-bond donors (Lipinski definition) is 1. The van der Waals surface area contributed by atoms with Crippen molar-refractivity contribution in [2.75, 3.05) is 0 Å². The Bertz CT molecular complexity index is 514. The maximum Gasteiger partial charge on any atom is 0.251 e. The Labute approximate surface area is 89.1 Å². The van der Waals surface area contributed by atoms with Gasteiger partial charge in [-0.1, -0.05) is 13.3 Å². The SMILES string of the molecule is CCCc1cc(=O)[nH]c2c(Br)cnn12. The van der Waals surface area contributed by atoms with Crippen molar-refractivity contribution in [2.24, 2.45) is 0 Å². The summed E-state index contributed by atoms with van der Waals surface area (Å²) in [7, 11) is 0. The first-order chi connectivity index (χ1) is 6.72. The number of fused-ring (bicyclic) bond motifs is 1. The fourth-order valence-corrected chi connectivity index (χ4v) is 1.82. The van der Waals surface area contributed by atoms with Crippen LogP contribution in [0.25, 0.3) is 5.65 Å². The zero-order valence-corrected chi connectivity index (χ0v) is 9.34. The van der Waals surface area contributed by atoms with Crippen molar-refractivity contribution in [3.05, 3.63) is 32.8 Å². The van der Waals surface area contributed by atoms with Gasteiger partial charge in [0.2, 0.25) is 0 Å². The van der Waals surface area contributed by atoms with Crippen molar-refractivity contribution >= 4 is 21.6 Å². The van der Waals surface area contributed by atoms with E-state index >= 15 is 0 Å². The molecule has 0 saturated carbocycles. The lowest BCUT2D eigenvalue weighted by Crippen LogP contribution is -2.11. The molecule has 2 aromatic heterocycles. The Hall–Kier alpha value is -1.10. The molecular formula is C9H10BrN3O. The Morgan fingerprint density at radius 2 is 2.43 bits per heavy atom. The van der Waals surface area contributed by atoms with Gasteiger partial charge in [-0.2, -0.15) is 5.10 Å². The highest BCUT2D eigenvalue weighted by Crippen LogP contribution is 2.15. The van der Waals surface area contributed by atoms with Crippen LogP contribution in [0.15, 0.2) is 21.5 Å². The van der Waals surface area contributed by atoms with Gasteiger partial charge in [0.25, 0.3) is 5.56 Å². The third-order valence-corrected chi connectivity index (χ3v) is 2.62. The van der Waals surface area contributed by atoms with Gasteiger partial charge in [-0.05, 0) is 22.4 Å². The van der Waals surface area contributed by atoms with Crippen molar-refractivity contribution in [2.45, 2.75) is 19.8 Å². The number of aromatic amines is 1. The molecular weight excluding hydrogens is 246 g/mol. The van der Waals surface area contributed by atoms with Gasteiger partial charge in [-0.15, -0.1) is 0 Å². The number of rotatable bonds is 2. The third kappa shape index (κ3) is 1.48. The number of H-pyrrole nitrogens is 1. The lowest BCUT2D eigenvalue weighted by Gasteiger charge is -2.01. The summed E-state index contributed by atoms with van der Waals surface area (Å²) in [6.07, 6.45) is 3.54. The predicted molar refractivity (Wildman–Crippen MR) is 57.5 cm³/mol. The first kappa shape index (κ1) is 9.45. The molecule has 0 radical (unpaired) electrons. The van der Waals surface area contributed by atoms with Crippen LogP contribution in [0, 0.1) is 0 Å². The quantitative estimate of drug-likeness (QED) is 0.889. The first-order valence-electron chi connectivity index (χ1n) is 4.48. The van der Waals surface area contributed by atoms with Crippen LogP contribution in [-0.4, -0.2) is 14.6 Å². The molecule has 0 aliphatic carbocycles. The highest BCUT2D eigenvalue weighted by atomic mass is 79.9. The van der Waals surface area contributed by atoms with Crippen molar-refractivity contribution in [1.29, 1.82) is 0 Å². The molecule has 5 heteroatoms. The second-order valence-electron chi connectivity index (χ2n) is 3.13. The van der Waals surface area contributed by atoms with E-state index in [2.05, 4.69) is 32.9 Å². The smallest absolute Gasteiger partial charge is 0.251 e. The van der Waals surface area contributed by atoms with Crippen LogP contribution in [0.3, 0.4) is 0 Å². The summed E-state index contributed by atoms with van der Waals surface area (Å²) >= 11 is 3.33. The molecule has 0 unspecified atom stereocenters. The van der Waals surface area contributed by atoms with Crippen LogP contribution < -0.4 is 5.56 Å².